The number of benzene rings is 1. The van der Waals surface area contributed by atoms with Gasteiger partial charge in [-0.2, -0.15) is 0 Å². The molecule has 6 nitrogen and oxygen atoms in total. The highest BCUT2D eigenvalue weighted by Crippen LogP contribution is 2.25. The Bertz CT molecular complexity index is 914. The van der Waals surface area contributed by atoms with Crippen molar-refractivity contribution in [3.8, 4) is 0 Å². The number of furan rings is 1. The van der Waals surface area contributed by atoms with Crippen molar-refractivity contribution in [2.75, 3.05) is 7.05 Å². The Hall–Kier alpha value is -1.83. The average Bonchev–Trinajstić information content (AvgIpc) is 2.89. The molecule has 142 valence electrons. The van der Waals surface area contributed by atoms with E-state index in [0.717, 1.165) is 5.76 Å². The van der Waals surface area contributed by atoms with Crippen LogP contribution in [0.5, 0.6) is 0 Å². The van der Waals surface area contributed by atoms with Crippen molar-refractivity contribution >= 4 is 27.5 Å². The zero-order valence-electron chi connectivity index (χ0n) is 15.5. The molecular formula is C18H23ClN2O4S. The molecule has 8 heteroatoms. The maximum atomic E-state index is 12.7. The van der Waals surface area contributed by atoms with E-state index in [9.17, 15) is 13.2 Å². The standard InChI is InChI=1S/C18H23ClN2O4S/c1-12-6-8-14(25-12)11-21(5)17(22)13-7-9-15(19)16(10-13)26(23,24)20-18(2,3)4/h6-10,20H,11H2,1-5H3. The van der Waals surface area contributed by atoms with Crippen LogP contribution in [0.2, 0.25) is 5.02 Å². The summed E-state index contributed by atoms with van der Waals surface area (Å²) < 4.78 is 33.2. The molecule has 0 saturated carbocycles. The van der Waals surface area contributed by atoms with Crippen LogP contribution < -0.4 is 4.72 Å². The normalized spacial score (nSPS) is 12.2. The van der Waals surface area contributed by atoms with Gasteiger partial charge in [0, 0.05) is 18.2 Å². The van der Waals surface area contributed by atoms with Gasteiger partial charge in [-0.25, -0.2) is 13.1 Å². The highest BCUT2D eigenvalue weighted by Gasteiger charge is 2.26. The first-order valence-corrected chi connectivity index (χ1v) is 9.89. The second-order valence-corrected chi connectivity index (χ2v) is 9.23. The van der Waals surface area contributed by atoms with Crippen LogP contribution in [-0.2, 0) is 16.6 Å². The number of nitrogens with one attached hydrogen (secondary N) is 1. The average molecular weight is 399 g/mol. The van der Waals surface area contributed by atoms with Crippen LogP contribution in [0.1, 0.15) is 42.6 Å². The third kappa shape index (κ3) is 5.09. The molecule has 0 radical (unpaired) electrons. The summed E-state index contributed by atoms with van der Waals surface area (Å²) in [6.07, 6.45) is 0. The number of halogens is 1. The minimum atomic E-state index is -3.86. The zero-order chi connectivity index (χ0) is 19.7. The van der Waals surface area contributed by atoms with E-state index < -0.39 is 15.6 Å². The van der Waals surface area contributed by atoms with Crippen molar-refractivity contribution in [2.24, 2.45) is 0 Å². The molecule has 0 unspecified atom stereocenters. The van der Waals surface area contributed by atoms with Crippen molar-refractivity contribution in [1.29, 1.82) is 0 Å². The summed E-state index contributed by atoms with van der Waals surface area (Å²) in [5, 5.41) is 0.0580. The molecule has 0 aliphatic heterocycles. The summed E-state index contributed by atoms with van der Waals surface area (Å²) in [4.78, 5) is 14.0. The number of carbonyl (C=O) groups excluding carboxylic acids is 1. The third-order valence-corrected chi connectivity index (χ3v) is 5.68. The summed E-state index contributed by atoms with van der Waals surface area (Å²) in [6, 6.07) is 7.83. The molecule has 2 aromatic rings. The van der Waals surface area contributed by atoms with Gasteiger partial charge in [-0.3, -0.25) is 4.79 Å². The van der Waals surface area contributed by atoms with E-state index in [0.29, 0.717) is 5.76 Å². The molecule has 0 aliphatic rings. The number of hydrogen-bond donors (Lipinski definition) is 1. The Morgan fingerprint density at radius 2 is 1.88 bits per heavy atom. The molecule has 26 heavy (non-hydrogen) atoms. The number of rotatable bonds is 5. The number of sulfonamides is 1. The van der Waals surface area contributed by atoms with Gasteiger partial charge < -0.3 is 9.32 Å². The summed E-state index contributed by atoms with van der Waals surface area (Å²) in [7, 11) is -2.24. The van der Waals surface area contributed by atoms with Crippen molar-refractivity contribution in [3.63, 3.8) is 0 Å². The Morgan fingerprint density at radius 3 is 2.42 bits per heavy atom. The van der Waals surface area contributed by atoms with Gasteiger partial charge in [0.15, 0.2) is 0 Å². The molecule has 0 atom stereocenters. The number of carbonyl (C=O) groups is 1. The number of hydrogen-bond acceptors (Lipinski definition) is 4. The molecule has 1 aromatic heterocycles. The molecule has 1 heterocycles. The summed E-state index contributed by atoms with van der Waals surface area (Å²) in [6.45, 7) is 7.28. The topological polar surface area (TPSA) is 79.6 Å². The lowest BCUT2D eigenvalue weighted by atomic mass is 10.1. The lowest BCUT2D eigenvalue weighted by Gasteiger charge is -2.21. The van der Waals surface area contributed by atoms with Crippen LogP contribution >= 0.6 is 11.6 Å². The van der Waals surface area contributed by atoms with E-state index in [-0.39, 0.29) is 27.9 Å². The summed E-state index contributed by atoms with van der Waals surface area (Å²) in [5.41, 5.74) is -0.440. The first-order valence-electron chi connectivity index (χ1n) is 8.03. The molecule has 2 rings (SSSR count). The lowest BCUT2D eigenvalue weighted by Crippen LogP contribution is -2.40. The lowest BCUT2D eigenvalue weighted by molar-refractivity contribution is 0.0774. The van der Waals surface area contributed by atoms with E-state index >= 15 is 0 Å². The molecule has 0 aliphatic carbocycles. The van der Waals surface area contributed by atoms with Crippen LogP contribution in [0.25, 0.3) is 0 Å². The van der Waals surface area contributed by atoms with E-state index in [2.05, 4.69) is 4.72 Å². The van der Waals surface area contributed by atoms with Gasteiger partial charge in [-0.05, 0) is 58.0 Å². The second kappa shape index (κ2) is 7.42. The van der Waals surface area contributed by atoms with Gasteiger partial charge in [0.05, 0.1) is 11.6 Å². The predicted molar refractivity (Wildman–Crippen MR) is 101 cm³/mol. The van der Waals surface area contributed by atoms with Gasteiger partial charge >= 0.3 is 0 Å². The Morgan fingerprint density at radius 1 is 1.23 bits per heavy atom. The Kier molecular flexibility index (Phi) is 5.85. The first-order chi connectivity index (χ1) is 11.9. The number of aryl methyl sites for hydroxylation is 1. The largest absolute Gasteiger partial charge is 0.464 e. The third-order valence-electron chi connectivity index (χ3n) is 3.44. The minimum Gasteiger partial charge on any atom is -0.464 e. The quantitative estimate of drug-likeness (QED) is 0.834. The van der Waals surface area contributed by atoms with E-state index in [1.54, 1.807) is 33.9 Å². The van der Waals surface area contributed by atoms with Crippen LogP contribution in [0, 0.1) is 6.92 Å². The monoisotopic (exact) mass is 398 g/mol. The van der Waals surface area contributed by atoms with E-state index in [4.69, 9.17) is 16.0 Å². The van der Waals surface area contributed by atoms with Crippen LogP contribution in [-0.4, -0.2) is 31.8 Å². The highest BCUT2D eigenvalue weighted by molar-refractivity contribution is 7.89. The van der Waals surface area contributed by atoms with E-state index in [1.807, 2.05) is 13.0 Å². The fraction of sp³-hybridized carbons (Fsp3) is 0.389. The fourth-order valence-corrected chi connectivity index (χ4v) is 4.34. The van der Waals surface area contributed by atoms with Gasteiger partial charge in [0.1, 0.15) is 16.4 Å². The Balaban J connectivity index is 2.29. The SMILES string of the molecule is Cc1ccc(CN(C)C(=O)c2ccc(Cl)c(S(=O)(=O)NC(C)(C)C)c2)o1. The van der Waals surface area contributed by atoms with Crippen LogP contribution in [0.4, 0.5) is 0 Å². The van der Waals surface area contributed by atoms with Crippen molar-refractivity contribution in [1.82, 2.24) is 9.62 Å². The van der Waals surface area contributed by atoms with Gasteiger partial charge in [-0.1, -0.05) is 11.6 Å². The maximum absolute atomic E-state index is 12.7. The molecule has 1 N–H and O–H groups in total. The molecule has 0 saturated heterocycles. The number of nitrogens with zero attached hydrogens (tertiary/aromatic N) is 1. The minimum absolute atomic E-state index is 0.0580. The van der Waals surface area contributed by atoms with Crippen molar-refractivity contribution in [3.05, 3.63) is 52.4 Å². The maximum Gasteiger partial charge on any atom is 0.254 e. The molecule has 1 aromatic carbocycles. The van der Waals surface area contributed by atoms with Crippen molar-refractivity contribution < 1.29 is 17.6 Å². The zero-order valence-corrected chi connectivity index (χ0v) is 17.0. The van der Waals surface area contributed by atoms with Gasteiger partial charge in [0.2, 0.25) is 10.0 Å². The first kappa shape index (κ1) is 20.5. The van der Waals surface area contributed by atoms with E-state index in [1.165, 1.54) is 23.1 Å². The van der Waals surface area contributed by atoms with Gasteiger partial charge in [-0.15, -0.1) is 0 Å². The summed E-state index contributed by atoms with van der Waals surface area (Å²) in [5.74, 6) is 1.08. The summed E-state index contributed by atoms with van der Waals surface area (Å²) >= 11 is 6.07. The molecular weight excluding hydrogens is 376 g/mol. The predicted octanol–water partition coefficient (Wildman–Crippen LogP) is 3.59. The Labute approximate surface area is 159 Å². The van der Waals surface area contributed by atoms with Crippen LogP contribution in [0.15, 0.2) is 39.6 Å². The molecule has 0 bridgehead atoms. The molecule has 1 amide bonds. The smallest absolute Gasteiger partial charge is 0.254 e. The van der Waals surface area contributed by atoms with Gasteiger partial charge in [0.25, 0.3) is 5.91 Å². The molecule has 0 spiro atoms. The van der Waals surface area contributed by atoms with Crippen LogP contribution in [0.3, 0.4) is 0 Å². The van der Waals surface area contributed by atoms with Crippen molar-refractivity contribution in [2.45, 2.75) is 44.7 Å². The number of amides is 1. The fourth-order valence-electron chi connectivity index (χ4n) is 2.40. The molecule has 0 fully saturated rings. The second-order valence-electron chi connectivity index (χ2n) is 7.17. The highest BCUT2D eigenvalue weighted by atomic mass is 35.5.